The average molecular weight is 379 g/mol. The first kappa shape index (κ1) is 16.9. The summed E-state index contributed by atoms with van der Waals surface area (Å²) < 4.78 is 11.1. The summed E-state index contributed by atoms with van der Waals surface area (Å²) in [5.74, 6) is -1.39. The lowest BCUT2D eigenvalue weighted by atomic mass is 9.82. The number of allylic oxidation sites excluding steroid dienone is 2. The van der Waals surface area contributed by atoms with Gasteiger partial charge in [0.2, 0.25) is 5.88 Å². The van der Waals surface area contributed by atoms with Crippen molar-refractivity contribution >= 4 is 21.9 Å². The van der Waals surface area contributed by atoms with E-state index in [0.717, 1.165) is 0 Å². The molecule has 6 nitrogen and oxygen atoms in total. The SMILES string of the molecule is CCOC(=O)C1=C(C)OC(N)=C(C#N)C1c1cc(Br)ccc1O. The van der Waals surface area contributed by atoms with Crippen LogP contribution in [-0.2, 0) is 14.3 Å². The number of hydrogen-bond acceptors (Lipinski definition) is 6. The van der Waals surface area contributed by atoms with Crippen LogP contribution in [0.15, 0.2) is 45.5 Å². The summed E-state index contributed by atoms with van der Waals surface area (Å²) in [6.07, 6.45) is 0. The van der Waals surface area contributed by atoms with Crippen LogP contribution >= 0.6 is 15.9 Å². The van der Waals surface area contributed by atoms with Gasteiger partial charge in [-0.3, -0.25) is 0 Å². The molecule has 1 unspecified atom stereocenters. The molecular weight excluding hydrogens is 364 g/mol. The number of carbonyl (C=O) groups excluding carboxylic acids is 1. The number of phenols is 1. The Morgan fingerprint density at radius 1 is 1.57 bits per heavy atom. The minimum absolute atomic E-state index is 0.0482. The summed E-state index contributed by atoms with van der Waals surface area (Å²) in [6.45, 7) is 3.42. The number of halogens is 1. The van der Waals surface area contributed by atoms with Gasteiger partial charge in [-0.05, 0) is 32.0 Å². The molecule has 0 bridgehead atoms. The van der Waals surface area contributed by atoms with Gasteiger partial charge in [-0.1, -0.05) is 15.9 Å². The lowest BCUT2D eigenvalue weighted by Crippen LogP contribution is -2.25. The van der Waals surface area contributed by atoms with Crippen molar-refractivity contribution in [1.82, 2.24) is 0 Å². The highest BCUT2D eigenvalue weighted by atomic mass is 79.9. The summed E-state index contributed by atoms with van der Waals surface area (Å²) in [5.41, 5.74) is 6.35. The summed E-state index contributed by atoms with van der Waals surface area (Å²) in [7, 11) is 0. The van der Waals surface area contributed by atoms with Crippen LogP contribution in [0.25, 0.3) is 0 Å². The molecule has 2 rings (SSSR count). The van der Waals surface area contributed by atoms with Gasteiger partial charge in [0.1, 0.15) is 23.2 Å². The first-order chi connectivity index (χ1) is 10.9. The van der Waals surface area contributed by atoms with E-state index in [1.807, 2.05) is 6.07 Å². The largest absolute Gasteiger partial charge is 0.508 e. The predicted octanol–water partition coefficient (Wildman–Crippen LogP) is 2.80. The second kappa shape index (κ2) is 6.75. The molecule has 7 heteroatoms. The van der Waals surface area contributed by atoms with E-state index in [1.54, 1.807) is 26.0 Å². The van der Waals surface area contributed by atoms with Crippen LogP contribution in [0.3, 0.4) is 0 Å². The van der Waals surface area contributed by atoms with Crippen molar-refractivity contribution < 1.29 is 19.4 Å². The van der Waals surface area contributed by atoms with Crippen molar-refractivity contribution in [3.8, 4) is 11.8 Å². The van der Waals surface area contributed by atoms with E-state index in [1.165, 1.54) is 6.07 Å². The highest BCUT2D eigenvalue weighted by Gasteiger charge is 2.37. The van der Waals surface area contributed by atoms with Crippen molar-refractivity contribution in [2.24, 2.45) is 5.73 Å². The second-order valence-corrected chi connectivity index (χ2v) is 5.73. The fourth-order valence-corrected chi connectivity index (χ4v) is 2.80. The summed E-state index contributed by atoms with van der Waals surface area (Å²) in [4.78, 5) is 12.3. The second-order valence-electron chi connectivity index (χ2n) is 4.82. The molecular formula is C16H15BrN2O4. The number of aromatic hydroxyl groups is 1. The third kappa shape index (κ3) is 3.17. The fourth-order valence-electron chi connectivity index (χ4n) is 2.42. The van der Waals surface area contributed by atoms with E-state index in [4.69, 9.17) is 15.2 Å². The summed E-state index contributed by atoms with van der Waals surface area (Å²) in [5, 5.41) is 19.6. The molecule has 0 saturated heterocycles. The molecule has 1 aromatic carbocycles. The molecule has 0 radical (unpaired) electrons. The van der Waals surface area contributed by atoms with Crippen molar-refractivity contribution in [3.05, 3.63) is 51.0 Å². The molecule has 1 atom stereocenters. The molecule has 0 amide bonds. The number of hydrogen-bond donors (Lipinski definition) is 2. The van der Waals surface area contributed by atoms with E-state index >= 15 is 0 Å². The first-order valence-electron chi connectivity index (χ1n) is 6.84. The number of benzene rings is 1. The maximum Gasteiger partial charge on any atom is 0.338 e. The molecule has 1 aromatic rings. The van der Waals surface area contributed by atoms with Gasteiger partial charge in [0, 0.05) is 10.0 Å². The lowest BCUT2D eigenvalue weighted by molar-refractivity contribution is -0.139. The van der Waals surface area contributed by atoms with E-state index in [2.05, 4.69) is 15.9 Å². The molecule has 1 heterocycles. The van der Waals surface area contributed by atoms with E-state index in [0.29, 0.717) is 10.0 Å². The van der Waals surface area contributed by atoms with Crippen molar-refractivity contribution in [2.75, 3.05) is 6.61 Å². The molecule has 0 fully saturated rings. The van der Waals surface area contributed by atoms with E-state index < -0.39 is 11.9 Å². The first-order valence-corrected chi connectivity index (χ1v) is 7.63. The number of carbonyl (C=O) groups is 1. The number of nitriles is 1. The summed E-state index contributed by atoms with van der Waals surface area (Å²) >= 11 is 3.32. The van der Waals surface area contributed by atoms with Crippen LogP contribution in [0.4, 0.5) is 0 Å². The highest BCUT2D eigenvalue weighted by molar-refractivity contribution is 9.10. The van der Waals surface area contributed by atoms with Gasteiger partial charge >= 0.3 is 5.97 Å². The van der Waals surface area contributed by atoms with Crippen LogP contribution in [0.5, 0.6) is 5.75 Å². The average Bonchev–Trinajstić information content (AvgIpc) is 2.49. The Morgan fingerprint density at radius 2 is 2.26 bits per heavy atom. The van der Waals surface area contributed by atoms with Crippen LogP contribution in [-0.4, -0.2) is 17.7 Å². The number of phenolic OH excluding ortho intramolecular Hbond substituents is 1. The molecule has 0 aliphatic carbocycles. The van der Waals surface area contributed by atoms with Crippen LogP contribution in [0, 0.1) is 11.3 Å². The smallest absolute Gasteiger partial charge is 0.338 e. The molecule has 0 aromatic heterocycles. The predicted molar refractivity (Wildman–Crippen MR) is 85.8 cm³/mol. The Balaban J connectivity index is 2.69. The van der Waals surface area contributed by atoms with Gasteiger partial charge in [-0.2, -0.15) is 5.26 Å². The number of esters is 1. The van der Waals surface area contributed by atoms with Crippen molar-refractivity contribution in [1.29, 1.82) is 5.26 Å². The van der Waals surface area contributed by atoms with Gasteiger partial charge < -0.3 is 20.3 Å². The van der Waals surface area contributed by atoms with Crippen molar-refractivity contribution in [2.45, 2.75) is 19.8 Å². The quantitative estimate of drug-likeness (QED) is 0.783. The van der Waals surface area contributed by atoms with Crippen LogP contribution < -0.4 is 5.73 Å². The minimum atomic E-state index is -0.856. The number of ether oxygens (including phenoxy) is 2. The number of rotatable bonds is 3. The third-order valence-corrected chi connectivity index (χ3v) is 3.89. The monoisotopic (exact) mass is 378 g/mol. The van der Waals surface area contributed by atoms with Gasteiger partial charge in [-0.25, -0.2) is 4.79 Å². The zero-order valence-corrected chi connectivity index (χ0v) is 14.2. The zero-order valence-electron chi connectivity index (χ0n) is 12.6. The molecule has 23 heavy (non-hydrogen) atoms. The molecule has 1 aliphatic heterocycles. The molecule has 3 N–H and O–H groups in total. The van der Waals surface area contributed by atoms with Crippen molar-refractivity contribution in [3.63, 3.8) is 0 Å². The highest BCUT2D eigenvalue weighted by Crippen LogP contribution is 2.43. The van der Waals surface area contributed by atoms with E-state index in [-0.39, 0.29) is 35.1 Å². The Hall–Kier alpha value is -2.46. The fraction of sp³-hybridized carbons (Fsp3) is 0.250. The Bertz CT molecular complexity index is 762. The Kier molecular flexibility index (Phi) is 4.96. The minimum Gasteiger partial charge on any atom is -0.508 e. The molecule has 1 aliphatic rings. The van der Waals surface area contributed by atoms with Crippen LogP contribution in [0.1, 0.15) is 25.3 Å². The Labute approximate surface area is 141 Å². The molecule has 120 valence electrons. The zero-order chi connectivity index (χ0) is 17.1. The molecule has 0 spiro atoms. The van der Waals surface area contributed by atoms with Gasteiger partial charge in [-0.15, -0.1) is 0 Å². The maximum absolute atomic E-state index is 12.3. The van der Waals surface area contributed by atoms with Gasteiger partial charge in [0.15, 0.2) is 0 Å². The topological polar surface area (TPSA) is 106 Å². The van der Waals surface area contributed by atoms with Gasteiger partial charge in [0.05, 0.1) is 18.1 Å². The van der Waals surface area contributed by atoms with Crippen LogP contribution in [0.2, 0.25) is 0 Å². The number of nitrogens with two attached hydrogens (primary N) is 1. The third-order valence-electron chi connectivity index (χ3n) is 3.40. The lowest BCUT2D eigenvalue weighted by Gasteiger charge is -2.27. The normalized spacial score (nSPS) is 17.6. The standard InChI is InChI=1S/C16H15BrN2O4/c1-3-22-16(21)13-8(2)23-15(19)11(7-18)14(13)10-6-9(17)4-5-12(10)20/h4-6,14,20H,3,19H2,1-2H3. The van der Waals surface area contributed by atoms with E-state index in [9.17, 15) is 15.2 Å². The number of nitrogens with zero attached hydrogens (tertiary/aromatic N) is 1. The van der Waals surface area contributed by atoms with Gasteiger partial charge in [0.25, 0.3) is 0 Å². The molecule has 0 saturated carbocycles. The maximum atomic E-state index is 12.3. The Morgan fingerprint density at radius 3 is 2.87 bits per heavy atom. The summed E-state index contributed by atoms with van der Waals surface area (Å²) in [6, 6.07) is 6.71.